The number of pyridine rings is 1. The lowest BCUT2D eigenvalue weighted by Crippen LogP contribution is -2.40. The number of fused-ring (bicyclic) bond motifs is 1. The number of carboxylic acids is 1. The van der Waals surface area contributed by atoms with E-state index in [1.807, 2.05) is 13.8 Å². The Morgan fingerprint density at radius 3 is 2.64 bits per heavy atom. The average molecular weight is 304 g/mol. The SMILES string of the molecule is CCC(NC(=O)c1cc2cnn(C(C)C)c2nc1C)C(=O)O. The molecular formula is C15H20N4O3. The third kappa shape index (κ3) is 2.93. The smallest absolute Gasteiger partial charge is 0.326 e. The van der Waals surface area contributed by atoms with Gasteiger partial charge in [-0.3, -0.25) is 4.79 Å². The van der Waals surface area contributed by atoms with E-state index in [0.29, 0.717) is 23.3 Å². The van der Waals surface area contributed by atoms with Gasteiger partial charge in [-0.15, -0.1) is 0 Å². The molecule has 2 aromatic heterocycles. The summed E-state index contributed by atoms with van der Waals surface area (Å²) in [5.74, 6) is -1.48. The molecule has 0 bridgehead atoms. The van der Waals surface area contributed by atoms with Crippen LogP contribution in [-0.4, -0.2) is 37.8 Å². The van der Waals surface area contributed by atoms with Gasteiger partial charge in [-0.2, -0.15) is 5.10 Å². The molecule has 0 saturated heterocycles. The van der Waals surface area contributed by atoms with Gasteiger partial charge in [-0.05, 0) is 33.3 Å². The Morgan fingerprint density at radius 1 is 1.41 bits per heavy atom. The van der Waals surface area contributed by atoms with Crippen LogP contribution in [0.5, 0.6) is 0 Å². The maximum atomic E-state index is 12.3. The highest BCUT2D eigenvalue weighted by Gasteiger charge is 2.21. The van der Waals surface area contributed by atoms with Gasteiger partial charge in [0.25, 0.3) is 5.91 Å². The summed E-state index contributed by atoms with van der Waals surface area (Å²) in [6.45, 7) is 7.44. The molecule has 2 heterocycles. The number of nitrogens with zero attached hydrogens (tertiary/aromatic N) is 3. The fraction of sp³-hybridized carbons (Fsp3) is 0.467. The number of nitrogens with one attached hydrogen (secondary N) is 1. The van der Waals surface area contributed by atoms with E-state index < -0.39 is 17.9 Å². The van der Waals surface area contributed by atoms with Crippen LogP contribution in [0.4, 0.5) is 0 Å². The van der Waals surface area contributed by atoms with Gasteiger partial charge in [0.2, 0.25) is 0 Å². The van der Waals surface area contributed by atoms with E-state index in [1.165, 1.54) is 0 Å². The summed E-state index contributed by atoms with van der Waals surface area (Å²) in [7, 11) is 0. The molecule has 0 aliphatic carbocycles. The highest BCUT2D eigenvalue weighted by Crippen LogP contribution is 2.19. The van der Waals surface area contributed by atoms with Crippen molar-refractivity contribution in [1.82, 2.24) is 20.1 Å². The topological polar surface area (TPSA) is 97.1 Å². The molecule has 1 atom stereocenters. The fourth-order valence-electron chi connectivity index (χ4n) is 2.25. The lowest BCUT2D eigenvalue weighted by atomic mass is 10.1. The van der Waals surface area contributed by atoms with E-state index in [0.717, 1.165) is 5.39 Å². The van der Waals surface area contributed by atoms with Crippen LogP contribution in [0.1, 0.15) is 49.3 Å². The van der Waals surface area contributed by atoms with E-state index in [-0.39, 0.29) is 6.04 Å². The van der Waals surface area contributed by atoms with Crippen LogP contribution in [0, 0.1) is 6.92 Å². The van der Waals surface area contributed by atoms with Gasteiger partial charge < -0.3 is 10.4 Å². The third-order valence-electron chi connectivity index (χ3n) is 3.51. The number of amides is 1. The van der Waals surface area contributed by atoms with Gasteiger partial charge in [-0.25, -0.2) is 14.5 Å². The van der Waals surface area contributed by atoms with Crippen molar-refractivity contribution in [1.29, 1.82) is 0 Å². The Morgan fingerprint density at radius 2 is 2.09 bits per heavy atom. The van der Waals surface area contributed by atoms with Gasteiger partial charge in [0.15, 0.2) is 5.65 Å². The van der Waals surface area contributed by atoms with Gasteiger partial charge in [-0.1, -0.05) is 6.92 Å². The molecule has 2 rings (SSSR count). The van der Waals surface area contributed by atoms with Crippen LogP contribution < -0.4 is 5.32 Å². The largest absolute Gasteiger partial charge is 0.480 e. The minimum Gasteiger partial charge on any atom is -0.480 e. The quantitative estimate of drug-likeness (QED) is 0.879. The average Bonchev–Trinajstić information content (AvgIpc) is 2.85. The molecular weight excluding hydrogens is 284 g/mol. The zero-order chi connectivity index (χ0) is 16.4. The van der Waals surface area contributed by atoms with Crippen LogP contribution in [0.2, 0.25) is 0 Å². The second kappa shape index (κ2) is 6.13. The first-order valence-corrected chi connectivity index (χ1v) is 7.23. The number of aryl methyl sites for hydroxylation is 1. The van der Waals surface area contributed by atoms with Crippen molar-refractivity contribution in [3.63, 3.8) is 0 Å². The predicted molar refractivity (Wildman–Crippen MR) is 81.8 cm³/mol. The van der Waals surface area contributed by atoms with E-state index in [2.05, 4.69) is 15.4 Å². The van der Waals surface area contributed by atoms with E-state index in [9.17, 15) is 9.59 Å². The number of aliphatic carboxylic acids is 1. The molecule has 22 heavy (non-hydrogen) atoms. The molecule has 1 unspecified atom stereocenters. The molecule has 0 fully saturated rings. The Balaban J connectivity index is 2.38. The third-order valence-corrected chi connectivity index (χ3v) is 3.51. The maximum absolute atomic E-state index is 12.3. The fourth-order valence-corrected chi connectivity index (χ4v) is 2.25. The lowest BCUT2D eigenvalue weighted by molar-refractivity contribution is -0.139. The molecule has 2 N–H and O–H groups in total. The second-order valence-electron chi connectivity index (χ2n) is 5.49. The summed E-state index contributed by atoms with van der Waals surface area (Å²) >= 11 is 0. The van der Waals surface area contributed by atoms with Crippen molar-refractivity contribution >= 4 is 22.9 Å². The number of carbonyl (C=O) groups excluding carboxylic acids is 1. The zero-order valence-electron chi connectivity index (χ0n) is 13.1. The molecule has 0 radical (unpaired) electrons. The second-order valence-corrected chi connectivity index (χ2v) is 5.49. The van der Waals surface area contributed by atoms with Crippen molar-refractivity contribution in [3.8, 4) is 0 Å². The number of hydrogen-bond acceptors (Lipinski definition) is 4. The number of rotatable bonds is 5. The number of hydrogen-bond donors (Lipinski definition) is 2. The van der Waals surface area contributed by atoms with Crippen LogP contribution in [0.15, 0.2) is 12.3 Å². The molecule has 118 valence electrons. The predicted octanol–water partition coefficient (Wildman–Crippen LogP) is 1.91. The summed E-state index contributed by atoms with van der Waals surface area (Å²) in [6.07, 6.45) is 1.98. The molecule has 2 aromatic rings. The molecule has 0 spiro atoms. The van der Waals surface area contributed by atoms with Crippen LogP contribution in [0.25, 0.3) is 11.0 Å². The first-order chi connectivity index (χ1) is 10.3. The van der Waals surface area contributed by atoms with Gasteiger partial charge >= 0.3 is 5.97 Å². The van der Waals surface area contributed by atoms with Gasteiger partial charge in [0.1, 0.15) is 6.04 Å². The van der Waals surface area contributed by atoms with Gasteiger partial charge in [0.05, 0.1) is 17.5 Å². The zero-order valence-corrected chi connectivity index (χ0v) is 13.1. The Labute approximate surface area is 128 Å². The van der Waals surface area contributed by atoms with Crippen molar-refractivity contribution in [2.45, 2.75) is 46.2 Å². The summed E-state index contributed by atoms with van der Waals surface area (Å²) < 4.78 is 1.79. The van der Waals surface area contributed by atoms with Crippen LogP contribution in [0.3, 0.4) is 0 Å². The number of carboxylic acid groups (broad SMARTS) is 1. The summed E-state index contributed by atoms with van der Waals surface area (Å²) in [4.78, 5) is 27.8. The summed E-state index contributed by atoms with van der Waals surface area (Å²) in [6, 6.07) is 0.967. The van der Waals surface area contributed by atoms with E-state index >= 15 is 0 Å². The monoisotopic (exact) mass is 304 g/mol. The standard InChI is InChI=1S/C15H20N4O3/c1-5-12(15(21)22)18-14(20)11-6-10-7-16-19(8(2)3)13(10)17-9(11)4/h6-8,12H,5H2,1-4H3,(H,18,20)(H,21,22). The summed E-state index contributed by atoms with van der Waals surface area (Å²) in [5.41, 5.74) is 1.64. The molecule has 0 saturated carbocycles. The molecule has 7 nitrogen and oxygen atoms in total. The van der Waals surface area contributed by atoms with Crippen molar-refractivity contribution < 1.29 is 14.7 Å². The number of aromatic nitrogens is 3. The Kier molecular flexibility index (Phi) is 4.44. The van der Waals surface area contributed by atoms with Crippen molar-refractivity contribution in [2.75, 3.05) is 0 Å². The van der Waals surface area contributed by atoms with Crippen molar-refractivity contribution in [3.05, 3.63) is 23.5 Å². The Bertz CT molecular complexity index is 721. The minimum absolute atomic E-state index is 0.167. The maximum Gasteiger partial charge on any atom is 0.326 e. The first kappa shape index (κ1) is 15.9. The van der Waals surface area contributed by atoms with E-state index in [4.69, 9.17) is 5.11 Å². The highest BCUT2D eigenvalue weighted by molar-refractivity contribution is 5.99. The molecule has 0 aliphatic heterocycles. The van der Waals surface area contributed by atoms with Crippen LogP contribution in [-0.2, 0) is 4.79 Å². The summed E-state index contributed by atoms with van der Waals surface area (Å²) in [5, 5.41) is 16.6. The normalized spacial score (nSPS) is 12.6. The lowest BCUT2D eigenvalue weighted by Gasteiger charge is -2.13. The first-order valence-electron chi connectivity index (χ1n) is 7.23. The molecule has 0 aliphatic rings. The Hall–Kier alpha value is -2.44. The molecule has 1 amide bonds. The van der Waals surface area contributed by atoms with E-state index in [1.54, 1.807) is 30.8 Å². The van der Waals surface area contributed by atoms with Crippen LogP contribution >= 0.6 is 0 Å². The number of carbonyl (C=O) groups is 2. The molecule has 0 aromatic carbocycles. The molecule has 7 heteroatoms. The van der Waals surface area contributed by atoms with Crippen molar-refractivity contribution in [2.24, 2.45) is 0 Å². The minimum atomic E-state index is -1.05. The van der Waals surface area contributed by atoms with Gasteiger partial charge in [0, 0.05) is 11.4 Å². The highest BCUT2D eigenvalue weighted by atomic mass is 16.4.